The van der Waals surface area contributed by atoms with Crippen LogP contribution < -0.4 is 0 Å². The molecule has 18 heavy (non-hydrogen) atoms. The van der Waals surface area contributed by atoms with Gasteiger partial charge in [-0.2, -0.15) is 0 Å². The van der Waals surface area contributed by atoms with E-state index < -0.39 is 11.5 Å². The van der Waals surface area contributed by atoms with E-state index in [0.29, 0.717) is 5.56 Å². The lowest BCUT2D eigenvalue weighted by molar-refractivity contribution is -0.137. The molecule has 0 spiro atoms. The van der Waals surface area contributed by atoms with E-state index in [4.69, 9.17) is 0 Å². The van der Waals surface area contributed by atoms with Crippen LogP contribution in [-0.4, -0.2) is 10.9 Å². The Morgan fingerprint density at radius 3 is 2.67 bits per heavy atom. The van der Waals surface area contributed by atoms with Crippen molar-refractivity contribution in [3.8, 4) is 0 Å². The Morgan fingerprint density at radius 1 is 1.39 bits per heavy atom. The molecule has 0 fully saturated rings. The molecule has 0 saturated heterocycles. The summed E-state index contributed by atoms with van der Waals surface area (Å²) < 4.78 is 0. The molecule has 0 saturated carbocycles. The fraction of sp³-hybridized carbons (Fsp3) is 0.438. The highest BCUT2D eigenvalue weighted by atomic mass is 16.3. The van der Waals surface area contributed by atoms with Gasteiger partial charge in [0.2, 0.25) is 0 Å². The highest BCUT2D eigenvalue weighted by molar-refractivity contribution is 5.91. The predicted octanol–water partition coefficient (Wildman–Crippen LogP) is 3.28. The van der Waals surface area contributed by atoms with Gasteiger partial charge in [-0.15, -0.1) is 0 Å². The van der Waals surface area contributed by atoms with E-state index in [1.807, 2.05) is 31.2 Å². The summed E-state index contributed by atoms with van der Waals surface area (Å²) in [5, 5.41) is 10.2. The predicted molar refractivity (Wildman–Crippen MR) is 72.1 cm³/mol. The van der Waals surface area contributed by atoms with Crippen LogP contribution in [0.5, 0.6) is 0 Å². The van der Waals surface area contributed by atoms with Gasteiger partial charge in [0.05, 0.1) is 0 Å². The van der Waals surface area contributed by atoms with Crippen molar-refractivity contribution in [2.24, 2.45) is 11.3 Å². The third-order valence-electron chi connectivity index (χ3n) is 4.15. The highest BCUT2D eigenvalue weighted by Crippen LogP contribution is 2.40. The zero-order chi connectivity index (χ0) is 13.2. The van der Waals surface area contributed by atoms with Crippen LogP contribution in [0.15, 0.2) is 42.5 Å². The van der Waals surface area contributed by atoms with Crippen molar-refractivity contribution in [3.63, 3.8) is 0 Å². The minimum absolute atomic E-state index is 0.0999. The zero-order valence-corrected chi connectivity index (χ0v) is 11.0. The van der Waals surface area contributed by atoms with Crippen molar-refractivity contribution >= 4 is 5.78 Å². The second-order valence-electron chi connectivity index (χ2n) is 5.34. The maximum absolute atomic E-state index is 12.5. The Balaban J connectivity index is 2.26. The van der Waals surface area contributed by atoms with Crippen LogP contribution in [0.4, 0.5) is 0 Å². The molecule has 2 nitrogen and oxygen atoms in total. The molecule has 0 aromatic heterocycles. The molecule has 3 atom stereocenters. The van der Waals surface area contributed by atoms with Crippen LogP contribution in [0, 0.1) is 11.3 Å². The number of carbonyl (C=O) groups is 1. The van der Waals surface area contributed by atoms with Gasteiger partial charge in [-0.1, -0.05) is 49.4 Å². The first-order chi connectivity index (χ1) is 8.55. The molecular weight excluding hydrogens is 224 g/mol. The molecule has 96 valence electrons. The molecular formula is C16H20O2. The maximum atomic E-state index is 12.5. The largest absolute Gasteiger partial charge is 0.381 e. The van der Waals surface area contributed by atoms with Gasteiger partial charge < -0.3 is 5.11 Å². The molecule has 1 aliphatic carbocycles. The maximum Gasteiger partial charge on any atom is 0.175 e. The molecule has 1 aromatic carbocycles. The van der Waals surface area contributed by atoms with Crippen molar-refractivity contribution in [1.29, 1.82) is 0 Å². The number of benzene rings is 1. The zero-order valence-electron chi connectivity index (χ0n) is 11.0. The Labute approximate surface area is 108 Å². The lowest BCUT2D eigenvalue weighted by Gasteiger charge is -2.35. The van der Waals surface area contributed by atoms with Crippen LogP contribution in [0.2, 0.25) is 0 Å². The van der Waals surface area contributed by atoms with Gasteiger partial charge in [0, 0.05) is 5.41 Å². The van der Waals surface area contributed by atoms with E-state index in [9.17, 15) is 9.90 Å². The first-order valence-corrected chi connectivity index (χ1v) is 6.50. The first-order valence-electron chi connectivity index (χ1n) is 6.50. The average molecular weight is 244 g/mol. The van der Waals surface area contributed by atoms with Crippen molar-refractivity contribution in [2.75, 3.05) is 0 Å². The van der Waals surface area contributed by atoms with Gasteiger partial charge in [-0.3, -0.25) is 4.79 Å². The minimum atomic E-state index is -1.03. The van der Waals surface area contributed by atoms with Gasteiger partial charge in [-0.05, 0) is 31.2 Å². The van der Waals surface area contributed by atoms with Crippen molar-refractivity contribution in [2.45, 2.75) is 32.8 Å². The van der Waals surface area contributed by atoms with Crippen molar-refractivity contribution in [1.82, 2.24) is 0 Å². The SMILES string of the molecule is CC1CCC=CC1(C)C(=O)C(O)c1ccccc1. The van der Waals surface area contributed by atoms with E-state index in [2.05, 4.69) is 13.0 Å². The van der Waals surface area contributed by atoms with Gasteiger partial charge in [0.1, 0.15) is 6.10 Å². The third kappa shape index (κ3) is 2.25. The smallest absolute Gasteiger partial charge is 0.175 e. The average Bonchev–Trinajstić information content (AvgIpc) is 2.41. The number of allylic oxidation sites excluding steroid dienone is 2. The van der Waals surface area contributed by atoms with Crippen LogP contribution in [0.1, 0.15) is 38.4 Å². The monoisotopic (exact) mass is 244 g/mol. The molecule has 0 radical (unpaired) electrons. The number of aliphatic hydroxyl groups is 1. The van der Waals surface area contributed by atoms with Gasteiger partial charge in [-0.25, -0.2) is 0 Å². The summed E-state index contributed by atoms with van der Waals surface area (Å²) in [4.78, 5) is 12.5. The highest BCUT2D eigenvalue weighted by Gasteiger charge is 2.40. The number of ketones is 1. The summed E-state index contributed by atoms with van der Waals surface area (Å²) in [5.74, 6) is 0.172. The summed E-state index contributed by atoms with van der Waals surface area (Å²) in [6, 6.07) is 9.15. The third-order valence-corrected chi connectivity index (χ3v) is 4.15. The fourth-order valence-corrected chi connectivity index (χ4v) is 2.54. The molecule has 1 N–H and O–H groups in total. The summed E-state index contributed by atoms with van der Waals surface area (Å²) in [6.07, 6.45) is 5.01. The molecule has 0 heterocycles. The van der Waals surface area contributed by atoms with E-state index in [1.54, 1.807) is 12.1 Å². The molecule has 0 amide bonds. The van der Waals surface area contributed by atoms with Crippen LogP contribution in [0.3, 0.4) is 0 Å². The topological polar surface area (TPSA) is 37.3 Å². The minimum Gasteiger partial charge on any atom is -0.381 e. The van der Waals surface area contributed by atoms with E-state index >= 15 is 0 Å². The fourth-order valence-electron chi connectivity index (χ4n) is 2.54. The van der Waals surface area contributed by atoms with Crippen molar-refractivity contribution < 1.29 is 9.90 Å². The number of hydrogen-bond acceptors (Lipinski definition) is 2. The summed E-state index contributed by atoms with van der Waals surface area (Å²) in [5.41, 5.74) is 0.128. The van der Waals surface area contributed by atoms with Crippen molar-refractivity contribution in [3.05, 3.63) is 48.0 Å². The number of aliphatic hydroxyl groups excluding tert-OH is 1. The summed E-state index contributed by atoms with van der Waals surface area (Å²) >= 11 is 0. The molecule has 0 aliphatic heterocycles. The van der Waals surface area contributed by atoms with Crippen LogP contribution in [-0.2, 0) is 4.79 Å². The quantitative estimate of drug-likeness (QED) is 0.828. The molecule has 1 aliphatic rings. The molecule has 3 unspecified atom stereocenters. The van der Waals surface area contributed by atoms with E-state index in [-0.39, 0.29) is 11.7 Å². The molecule has 1 aromatic rings. The van der Waals surface area contributed by atoms with Gasteiger partial charge in [0.15, 0.2) is 5.78 Å². The second kappa shape index (κ2) is 5.07. The Bertz CT molecular complexity index is 449. The lowest BCUT2D eigenvalue weighted by atomic mass is 9.68. The van der Waals surface area contributed by atoms with Crippen LogP contribution in [0.25, 0.3) is 0 Å². The Kier molecular flexibility index (Phi) is 3.67. The number of hydrogen-bond donors (Lipinski definition) is 1. The standard InChI is InChI=1S/C16H20O2/c1-12-8-6-7-11-16(12,2)15(18)14(17)13-9-4-3-5-10-13/h3-5,7,9-12,14,17H,6,8H2,1-2H3. The van der Waals surface area contributed by atoms with E-state index in [0.717, 1.165) is 12.8 Å². The second-order valence-corrected chi connectivity index (χ2v) is 5.34. The number of rotatable bonds is 3. The number of Topliss-reactive ketones (excluding diaryl/α,β-unsaturated/α-hetero) is 1. The lowest BCUT2D eigenvalue weighted by Crippen LogP contribution is -2.37. The van der Waals surface area contributed by atoms with E-state index in [1.165, 1.54) is 0 Å². The van der Waals surface area contributed by atoms with Gasteiger partial charge >= 0.3 is 0 Å². The Hall–Kier alpha value is -1.41. The number of carbonyl (C=O) groups excluding carboxylic acids is 1. The first kappa shape index (κ1) is 13.0. The molecule has 2 rings (SSSR count). The summed E-state index contributed by atoms with van der Waals surface area (Å²) in [7, 11) is 0. The normalized spacial score (nSPS) is 28.9. The summed E-state index contributed by atoms with van der Waals surface area (Å²) in [6.45, 7) is 4.01. The Morgan fingerprint density at radius 2 is 2.06 bits per heavy atom. The van der Waals surface area contributed by atoms with Crippen LogP contribution >= 0.6 is 0 Å². The molecule has 0 bridgehead atoms. The van der Waals surface area contributed by atoms with Gasteiger partial charge in [0.25, 0.3) is 0 Å². The molecule has 2 heteroatoms.